The number of amides is 1. The van der Waals surface area contributed by atoms with Crippen LogP contribution >= 0.6 is 58.8 Å². The topological polar surface area (TPSA) is 38.8 Å². The summed E-state index contributed by atoms with van der Waals surface area (Å²) >= 11 is 25.2. The maximum absolute atomic E-state index is 12.6. The third kappa shape index (κ3) is 5.76. The van der Waals surface area contributed by atoms with Gasteiger partial charge in [0.1, 0.15) is 10.9 Å². The van der Waals surface area contributed by atoms with Crippen LogP contribution in [0.25, 0.3) is 6.08 Å². The van der Waals surface area contributed by atoms with E-state index in [2.05, 4.69) is 6.58 Å². The standard InChI is InChI=1S/C22H18Cl3NO3S2/c1-3-7-26-21(27)19(31-22(26)30)10-13-8-17(25)20(18(9-13)28-4-2)29-12-14-5-6-15(23)11-16(14)24/h3,5-6,8-11H,1,4,7,12H2,2H3/b19-10-. The minimum atomic E-state index is -0.165. The van der Waals surface area contributed by atoms with E-state index in [4.69, 9.17) is 56.5 Å². The Hall–Kier alpha value is -1.70. The van der Waals surface area contributed by atoms with E-state index in [1.165, 1.54) is 16.7 Å². The van der Waals surface area contributed by atoms with Gasteiger partial charge in [-0.1, -0.05) is 70.9 Å². The molecule has 31 heavy (non-hydrogen) atoms. The first kappa shape index (κ1) is 24.0. The number of thiocarbonyl (C=S) groups is 1. The van der Waals surface area contributed by atoms with Crippen LogP contribution in [-0.2, 0) is 11.4 Å². The number of rotatable bonds is 8. The Kier molecular flexibility index (Phi) is 8.30. The van der Waals surface area contributed by atoms with Crippen molar-refractivity contribution in [2.45, 2.75) is 13.5 Å². The fraction of sp³-hybridized carbons (Fsp3) is 0.182. The Morgan fingerprint density at radius 3 is 2.61 bits per heavy atom. The van der Waals surface area contributed by atoms with Gasteiger partial charge in [-0.25, -0.2) is 0 Å². The van der Waals surface area contributed by atoms with Crippen molar-refractivity contribution in [2.24, 2.45) is 0 Å². The first-order valence-corrected chi connectivity index (χ1v) is 11.6. The Balaban J connectivity index is 1.87. The van der Waals surface area contributed by atoms with Crippen molar-refractivity contribution >= 4 is 75.1 Å². The molecule has 0 N–H and O–H groups in total. The normalized spacial score (nSPS) is 15.0. The maximum atomic E-state index is 12.6. The lowest BCUT2D eigenvalue weighted by atomic mass is 10.1. The number of ether oxygens (including phenoxy) is 2. The highest BCUT2D eigenvalue weighted by Crippen LogP contribution is 2.40. The molecule has 4 nitrogen and oxygen atoms in total. The van der Waals surface area contributed by atoms with E-state index < -0.39 is 0 Å². The molecule has 1 aliphatic heterocycles. The monoisotopic (exact) mass is 513 g/mol. The van der Waals surface area contributed by atoms with Crippen LogP contribution in [0.2, 0.25) is 15.1 Å². The molecule has 1 saturated heterocycles. The number of halogens is 3. The summed E-state index contributed by atoms with van der Waals surface area (Å²) in [7, 11) is 0. The maximum Gasteiger partial charge on any atom is 0.266 e. The number of benzene rings is 2. The minimum Gasteiger partial charge on any atom is -0.490 e. The number of thioether (sulfide) groups is 1. The van der Waals surface area contributed by atoms with Crippen LogP contribution in [0.4, 0.5) is 0 Å². The second kappa shape index (κ2) is 10.7. The van der Waals surface area contributed by atoms with Crippen LogP contribution in [0.1, 0.15) is 18.1 Å². The van der Waals surface area contributed by atoms with Gasteiger partial charge in [-0.3, -0.25) is 9.69 Å². The molecule has 2 aromatic rings. The summed E-state index contributed by atoms with van der Waals surface area (Å²) in [6.45, 7) is 6.50. The van der Waals surface area contributed by atoms with E-state index in [9.17, 15) is 4.79 Å². The fourth-order valence-corrected chi connectivity index (χ4v) is 4.81. The zero-order chi connectivity index (χ0) is 22.5. The SMILES string of the molecule is C=CCN1C(=O)/C(=C/c2cc(Cl)c(OCc3ccc(Cl)cc3Cl)c(OCC)c2)SC1=S. The van der Waals surface area contributed by atoms with Crippen LogP contribution in [0, 0.1) is 0 Å². The fourth-order valence-electron chi connectivity index (χ4n) is 2.80. The van der Waals surface area contributed by atoms with Crippen LogP contribution in [0.5, 0.6) is 11.5 Å². The van der Waals surface area contributed by atoms with E-state index in [-0.39, 0.29) is 12.5 Å². The molecule has 9 heteroatoms. The van der Waals surface area contributed by atoms with Gasteiger partial charge in [0.25, 0.3) is 5.91 Å². The van der Waals surface area contributed by atoms with Gasteiger partial charge in [-0.2, -0.15) is 0 Å². The lowest BCUT2D eigenvalue weighted by molar-refractivity contribution is -0.121. The van der Waals surface area contributed by atoms with Gasteiger partial charge >= 0.3 is 0 Å². The van der Waals surface area contributed by atoms with Crippen LogP contribution in [-0.4, -0.2) is 28.3 Å². The van der Waals surface area contributed by atoms with E-state index in [0.29, 0.717) is 54.5 Å². The number of carbonyl (C=O) groups is 1. The van der Waals surface area contributed by atoms with Gasteiger partial charge in [-0.15, -0.1) is 6.58 Å². The summed E-state index contributed by atoms with van der Waals surface area (Å²) < 4.78 is 12.1. The molecule has 0 atom stereocenters. The molecule has 1 amide bonds. The van der Waals surface area contributed by atoms with Crippen molar-refractivity contribution in [1.82, 2.24) is 4.90 Å². The minimum absolute atomic E-state index is 0.165. The lowest BCUT2D eigenvalue weighted by Gasteiger charge is -2.15. The van der Waals surface area contributed by atoms with Crippen molar-refractivity contribution < 1.29 is 14.3 Å². The lowest BCUT2D eigenvalue weighted by Crippen LogP contribution is -2.27. The molecule has 0 saturated carbocycles. The smallest absolute Gasteiger partial charge is 0.266 e. The van der Waals surface area contributed by atoms with Crippen molar-refractivity contribution in [2.75, 3.05) is 13.2 Å². The summed E-state index contributed by atoms with van der Waals surface area (Å²) in [5.74, 6) is 0.695. The van der Waals surface area contributed by atoms with E-state index in [1.807, 2.05) is 6.92 Å². The zero-order valence-electron chi connectivity index (χ0n) is 16.5. The van der Waals surface area contributed by atoms with Gasteiger partial charge in [0, 0.05) is 22.2 Å². The summed E-state index contributed by atoms with van der Waals surface area (Å²) in [5.41, 5.74) is 1.46. The highest BCUT2D eigenvalue weighted by atomic mass is 35.5. The van der Waals surface area contributed by atoms with Gasteiger partial charge in [0.2, 0.25) is 0 Å². The van der Waals surface area contributed by atoms with Crippen molar-refractivity contribution in [3.05, 3.63) is 74.1 Å². The number of hydrogen-bond donors (Lipinski definition) is 0. The predicted octanol–water partition coefficient (Wildman–Crippen LogP) is 7.01. The number of nitrogens with zero attached hydrogens (tertiary/aromatic N) is 1. The molecule has 2 aromatic carbocycles. The average Bonchev–Trinajstić information content (AvgIpc) is 2.96. The number of hydrogen-bond acceptors (Lipinski definition) is 5. The van der Waals surface area contributed by atoms with Crippen LogP contribution in [0.15, 0.2) is 47.9 Å². The molecular weight excluding hydrogens is 497 g/mol. The van der Waals surface area contributed by atoms with Gasteiger partial charge < -0.3 is 9.47 Å². The van der Waals surface area contributed by atoms with E-state index >= 15 is 0 Å². The molecule has 0 aromatic heterocycles. The van der Waals surface area contributed by atoms with Gasteiger partial charge in [0.15, 0.2) is 11.5 Å². The molecule has 1 heterocycles. The zero-order valence-corrected chi connectivity index (χ0v) is 20.4. The third-order valence-corrected chi connectivity index (χ3v) is 6.45. The molecule has 0 aliphatic carbocycles. The first-order chi connectivity index (χ1) is 14.8. The van der Waals surface area contributed by atoms with Crippen LogP contribution < -0.4 is 9.47 Å². The Morgan fingerprint density at radius 1 is 1.16 bits per heavy atom. The van der Waals surface area contributed by atoms with Crippen molar-refractivity contribution in [3.8, 4) is 11.5 Å². The van der Waals surface area contributed by atoms with Crippen molar-refractivity contribution in [1.29, 1.82) is 0 Å². The molecule has 0 unspecified atom stereocenters. The Labute approximate surface area is 205 Å². The molecule has 1 aliphatic rings. The summed E-state index contributed by atoms with van der Waals surface area (Å²) in [6, 6.07) is 8.66. The quantitative estimate of drug-likeness (QED) is 0.215. The largest absolute Gasteiger partial charge is 0.490 e. The summed E-state index contributed by atoms with van der Waals surface area (Å²) in [6.07, 6.45) is 3.37. The molecule has 3 rings (SSSR count). The Bertz CT molecular complexity index is 1070. The first-order valence-electron chi connectivity index (χ1n) is 9.23. The second-order valence-corrected chi connectivity index (χ2v) is 9.29. The summed E-state index contributed by atoms with van der Waals surface area (Å²) in [5, 5.41) is 1.40. The van der Waals surface area contributed by atoms with Gasteiger partial charge in [-0.05, 0) is 42.8 Å². The van der Waals surface area contributed by atoms with E-state index in [0.717, 1.165) is 5.56 Å². The third-order valence-electron chi connectivity index (χ3n) is 4.20. The molecule has 0 spiro atoms. The molecule has 1 fully saturated rings. The van der Waals surface area contributed by atoms with Crippen LogP contribution in [0.3, 0.4) is 0 Å². The van der Waals surface area contributed by atoms with Gasteiger partial charge in [0.05, 0.1) is 16.5 Å². The summed E-state index contributed by atoms with van der Waals surface area (Å²) in [4.78, 5) is 14.6. The van der Waals surface area contributed by atoms with Crippen molar-refractivity contribution in [3.63, 3.8) is 0 Å². The molecule has 162 valence electrons. The van der Waals surface area contributed by atoms with E-state index in [1.54, 1.807) is 42.5 Å². The predicted molar refractivity (Wildman–Crippen MR) is 133 cm³/mol. The average molecular weight is 515 g/mol. The Morgan fingerprint density at radius 2 is 1.94 bits per heavy atom. The molecule has 0 radical (unpaired) electrons. The second-order valence-electron chi connectivity index (χ2n) is 6.37. The molecular formula is C22H18Cl3NO3S2. The number of carbonyl (C=O) groups excluding carboxylic acids is 1. The highest BCUT2D eigenvalue weighted by Gasteiger charge is 2.31. The highest BCUT2D eigenvalue weighted by molar-refractivity contribution is 8.26. The molecule has 0 bridgehead atoms.